The van der Waals surface area contributed by atoms with Crippen LogP contribution < -0.4 is 10.1 Å². The van der Waals surface area contributed by atoms with Crippen molar-refractivity contribution in [3.8, 4) is 16.9 Å². The van der Waals surface area contributed by atoms with Crippen molar-refractivity contribution in [2.75, 3.05) is 13.1 Å². The van der Waals surface area contributed by atoms with Crippen molar-refractivity contribution in [2.24, 2.45) is 4.99 Å². The summed E-state index contributed by atoms with van der Waals surface area (Å²) in [5.74, 6) is -1.81. The molecule has 3 N–H and O–H groups in total. The Balaban J connectivity index is 0.000000380. The number of hydrogen-bond acceptors (Lipinski definition) is 5. The van der Waals surface area contributed by atoms with E-state index < -0.39 is 11.9 Å². The lowest BCUT2D eigenvalue weighted by molar-refractivity contribution is -0.159. The molecule has 1 atom stereocenters. The summed E-state index contributed by atoms with van der Waals surface area (Å²) in [6.07, 6.45) is -0.0570. The number of nitrogens with zero attached hydrogens (tertiary/aromatic N) is 1. The molecule has 0 radical (unpaired) electrons. The summed E-state index contributed by atoms with van der Waals surface area (Å²) in [5.41, 5.74) is 3.54. The second-order valence-electron chi connectivity index (χ2n) is 5.93. The molecule has 0 spiro atoms. The predicted molar refractivity (Wildman–Crippen MR) is 102 cm³/mol. The van der Waals surface area contributed by atoms with Gasteiger partial charge in [-0.3, -0.25) is 4.99 Å². The Labute approximate surface area is 157 Å². The van der Waals surface area contributed by atoms with Crippen molar-refractivity contribution in [1.29, 1.82) is 0 Å². The SMILES string of the molecule is Cc1cccc(-c2ccccc2OC(C)C2=NCCN2)c1.O=C(O)C(=O)O. The van der Waals surface area contributed by atoms with E-state index in [1.807, 2.05) is 25.1 Å². The number of carbonyl (C=O) groups is 2. The Morgan fingerprint density at radius 1 is 1.11 bits per heavy atom. The zero-order valence-electron chi connectivity index (χ0n) is 15.2. The topological polar surface area (TPSA) is 108 Å². The number of rotatable bonds is 4. The summed E-state index contributed by atoms with van der Waals surface area (Å²) in [6, 6.07) is 16.6. The molecular formula is C20H22N2O5. The molecule has 0 fully saturated rings. The Bertz CT molecular complexity index is 836. The minimum absolute atomic E-state index is 0.0570. The van der Waals surface area contributed by atoms with Gasteiger partial charge in [0.15, 0.2) is 6.10 Å². The lowest BCUT2D eigenvalue weighted by Gasteiger charge is -2.18. The number of ether oxygens (including phenoxy) is 1. The minimum Gasteiger partial charge on any atom is -0.482 e. The first-order valence-corrected chi connectivity index (χ1v) is 8.45. The molecule has 2 aromatic carbocycles. The first kappa shape index (κ1) is 20.0. The third kappa shape index (κ3) is 5.85. The van der Waals surface area contributed by atoms with Crippen LogP contribution in [0.4, 0.5) is 0 Å². The predicted octanol–water partition coefficient (Wildman–Crippen LogP) is 2.59. The van der Waals surface area contributed by atoms with Gasteiger partial charge in [0, 0.05) is 12.1 Å². The number of amidine groups is 1. The molecule has 1 aliphatic heterocycles. The van der Waals surface area contributed by atoms with Crippen molar-refractivity contribution < 1.29 is 24.5 Å². The number of para-hydroxylation sites is 1. The fourth-order valence-corrected chi connectivity index (χ4v) is 2.56. The van der Waals surface area contributed by atoms with Crippen molar-refractivity contribution >= 4 is 17.8 Å². The normalized spacial score (nSPS) is 13.5. The molecule has 1 aliphatic rings. The van der Waals surface area contributed by atoms with Crippen molar-refractivity contribution in [3.05, 3.63) is 54.1 Å². The number of carboxylic acid groups (broad SMARTS) is 2. The van der Waals surface area contributed by atoms with Crippen LogP contribution in [0.25, 0.3) is 11.1 Å². The van der Waals surface area contributed by atoms with Crippen LogP contribution in [0.2, 0.25) is 0 Å². The van der Waals surface area contributed by atoms with Gasteiger partial charge in [-0.05, 0) is 25.5 Å². The second-order valence-corrected chi connectivity index (χ2v) is 5.93. The Morgan fingerprint density at radius 2 is 1.81 bits per heavy atom. The van der Waals surface area contributed by atoms with Crippen molar-refractivity contribution in [2.45, 2.75) is 20.0 Å². The molecule has 7 heteroatoms. The fraction of sp³-hybridized carbons (Fsp3) is 0.250. The zero-order chi connectivity index (χ0) is 19.8. The number of aliphatic imine (C=N–C) groups is 1. The summed E-state index contributed by atoms with van der Waals surface area (Å²) in [4.78, 5) is 22.6. The summed E-state index contributed by atoms with van der Waals surface area (Å²) >= 11 is 0. The lowest BCUT2D eigenvalue weighted by atomic mass is 10.0. The molecule has 142 valence electrons. The second kappa shape index (κ2) is 9.38. The lowest BCUT2D eigenvalue weighted by Crippen LogP contribution is -2.33. The monoisotopic (exact) mass is 370 g/mol. The van der Waals surface area contributed by atoms with Gasteiger partial charge in [0.1, 0.15) is 11.6 Å². The van der Waals surface area contributed by atoms with E-state index in [0.29, 0.717) is 0 Å². The molecule has 0 aliphatic carbocycles. The molecule has 3 rings (SSSR count). The first-order valence-electron chi connectivity index (χ1n) is 8.45. The molecule has 0 saturated carbocycles. The van der Waals surface area contributed by atoms with E-state index in [1.54, 1.807) is 0 Å². The number of nitrogens with one attached hydrogen (secondary N) is 1. The largest absolute Gasteiger partial charge is 0.482 e. The van der Waals surface area contributed by atoms with Crippen LogP contribution in [0.5, 0.6) is 5.75 Å². The van der Waals surface area contributed by atoms with Crippen LogP contribution in [-0.2, 0) is 9.59 Å². The van der Waals surface area contributed by atoms with Gasteiger partial charge in [-0.25, -0.2) is 9.59 Å². The quantitative estimate of drug-likeness (QED) is 0.714. The van der Waals surface area contributed by atoms with Crippen LogP contribution in [0.15, 0.2) is 53.5 Å². The number of hydrogen-bond donors (Lipinski definition) is 3. The van der Waals surface area contributed by atoms with E-state index in [0.717, 1.165) is 30.2 Å². The van der Waals surface area contributed by atoms with Gasteiger partial charge in [-0.2, -0.15) is 0 Å². The number of aliphatic carboxylic acids is 2. The summed E-state index contributed by atoms with van der Waals surface area (Å²) < 4.78 is 6.13. The fourth-order valence-electron chi connectivity index (χ4n) is 2.56. The average Bonchev–Trinajstić information content (AvgIpc) is 3.17. The highest BCUT2D eigenvalue weighted by Gasteiger charge is 2.17. The van der Waals surface area contributed by atoms with Crippen LogP contribution in [0.3, 0.4) is 0 Å². The van der Waals surface area contributed by atoms with E-state index in [-0.39, 0.29) is 6.10 Å². The van der Waals surface area contributed by atoms with Crippen LogP contribution >= 0.6 is 0 Å². The maximum Gasteiger partial charge on any atom is 0.414 e. The number of aryl methyl sites for hydroxylation is 1. The van der Waals surface area contributed by atoms with Gasteiger partial charge in [0.05, 0.1) is 6.54 Å². The number of carboxylic acids is 2. The van der Waals surface area contributed by atoms with Gasteiger partial charge in [-0.15, -0.1) is 0 Å². The maximum atomic E-state index is 9.10. The minimum atomic E-state index is -1.82. The molecule has 1 unspecified atom stereocenters. The molecule has 0 saturated heterocycles. The molecule has 27 heavy (non-hydrogen) atoms. The van der Waals surface area contributed by atoms with Crippen molar-refractivity contribution in [1.82, 2.24) is 5.32 Å². The van der Waals surface area contributed by atoms with E-state index in [4.69, 9.17) is 24.5 Å². The average molecular weight is 370 g/mol. The highest BCUT2D eigenvalue weighted by molar-refractivity contribution is 6.27. The van der Waals surface area contributed by atoms with Crippen molar-refractivity contribution in [3.63, 3.8) is 0 Å². The first-order chi connectivity index (χ1) is 12.9. The highest BCUT2D eigenvalue weighted by atomic mass is 16.5. The molecule has 1 heterocycles. The standard InChI is InChI=1S/C18H20N2O.C2H2O4/c1-13-6-5-7-15(12-13)16-8-3-4-9-17(16)21-14(2)18-19-10-11-20-18;3-1(4)2(5)6/h3-9,12,14H,10-11H2,1-2H3,(H,19,20);(H,3,4)(H,5,6). The van der Waals surface area contributed by atoms with Crippen LogP contribution in [0, 0.1) is 6.92 Å². The van der Waals surface area contributed by atoms with Gasteiger partial charge in [0.25, 0.3) is 0 Å². The van der Waals surface area contributed by atoms with E-state index in [2.05, 4.69) is 47.6 Å². The molecule has 0 bridgehead atoms. The zero-order valence-corrected chi connectivity index (χ0v) is 15.2. The third-order valence-electron chi connectivity index (χ3n) is 3.79. The Kier molecular flexibility index (Phi) is 6.93. The van der Waals surface area contributed by atoms with Gasteiger partial charge in [0.2, 0.25) is 0 Å². The molecule has 0 amide bonds. The third-order valence-corrected chi connectivity index (χ3v) is 3.79. The molecule has 7 nitrogen and oxygen atoms in total. The van der Waals surface area contributed by atoms with Gasteiger partial charge >= 0.3 is 11.9 Å². The highest BCUT2D eigenvalue weighted by Crippen LogP contribution is 2.31. The van der Waals surface area contributed by atoms with Gasteiger partial charge < -0.3 is 20.3 Å². The maximum absolute atomic E-state index is 9.10. The summed E-state index contributed by atoms with van der Waals surface area (Å²) in [5, 5.41) is 18.1. The van der Waals surface area contributed by atoms with Crippen LogP contribution in [-0.4, -0.2) is 47.2 Å². The molecule has 0 aromatic heterocycles. The van der Waals surface area contributed by atoms with Gasteiger partial charge in [-0.1, -0.05) is 48.0 Å². The Morgan fingerprint density at radius 3 is 2.41 bits per heavy atom. The summed E-state index contributed by atoms with van der Waals surface area (Å²) in [6.45, 7) is 5.88. The van der Waals surface area contributed by atoms with E-state index in [1.165, 1.54) is 11.1 Å². The summed E-state index contributed by atoms with van der Waals surface area (Å²) in [7, 11) is 0. The smallest absolute Gasteiger partial charge is 0.414 e. The molecular weight excluding hydrogens is 348 g/mol. The van der Waals surface area contributed by atoms with Crippen LogP contribution in [0.1, 0.15) is 12.5 Å². The van der Waals surface area contributed by atoms with E-state index in [9.17, 15) is 0 Å². The number of benzene rings is 2. The Hall–Kier alpha value is -3.35. The molecule has 2 aromatic rings. The van der Waals surface area contributed by atoms with E-state index >= 15 is 0 Å².